The van der Waals surface area contributed by atoms with E-state index >= 15 is 0 Å². The van der Waals surface area contributed by atoms with Crippen molar-refractivity contribution in [3.63, 3.8) is 0 Å². The lowest BCUT2D eigenvalue weighted by molar-refractivity contribution is 0.601. The van der Waals surface area contributed by atoms with E-state index in [-0.39, 0.29) is 4.90 Å². The number of rotatable bonds is 5. The van der Waals surface area contributed by atoms with Gasteiger partial charge in [-0.1, -0.05) is 18.2 Å². The molecule has 0 spiro atoms. The molecule has 0 amide bonds. The Morgan fingerprint density at radius 2 is 1.75 bits per heavy atom. The van der Waals surface area contributed by atoms with E-state index in [9.17, 15) is 8.42 Å². The molecule has 2 rings (SSSR count). The molecule has 0 bridgehead atoms. The van der Waals surface area contributed by atoms with E-state index in [0.717, 1.165) is 5.69 Å². The normalized spacial score (nSPS) is 11.3. The standard InChI is InChI=1S/C14H17N3O2S/c1-11(2)16-12-8-9-14(15-10-12)17-20(18,19)13-6-4-3-5-7-13/h3-11,16H,1-2H3,(H,15,17). The van der Waals surface area contributed by atoms with Crippen LogP contribution in [0, 0.1) is 0 Å². The molecule has 0 atom stereocenters. The van der Waals surface area contributed by atoms with Gasteiger partial charge in [-0.2, -0.15) is 0 Å². The number of aromatic nitrogens is 1. The predicted molar refractivity (Wildman–Crippen MR) is 80.2 cm³/mol. The zero-order chi connectivity index (χ0) is 14.6. The van der Waals surface area contributed by atoms with Crippen molar-refractivity contribution in [2.45, 2.75) is 24.8 Å². The summed E-state index contributed by atoms with van der Waals surface area (Å²) in [6.07, 6.45) is 1.60. The summed E-state index contributed by atoms with van der Waals surface area (Å²) in [4.78, 5) is 4.30. The molecule has 0 aliphatic rings. The lowest BCUT2D eigenvalue weighted by atomic mass is 10.3. The molecule has 1 aromatic carbocycles. The Balaban J connectivity index is 2.14. The fraction of sp³-hybridized carbons (Fsp3) is 0.214. The van der Waals surface area contributed by atoms with Crippen molar-refractivity contribution in [2.75, 3.05) is 10.0 Å². The van der Waals surface area contributed by atoms with Crippen LogP contribution in [0.25, 0.3) is 0 Å². The highest BCUT2D eigenvalue weighted by atomic mass is 32.2. The second-order valence-corrected chi connectivity index (χ2v) is 6.33. The molecule has 1 aromatic heterocycles. The number of pyridine rings is 1. The maximum Gasteiger partial charge on any atom is 0.263 e. The van der Waals surface area contributed by atoms with Crippen LogP contribution in [0.15, 0.2) is 53.6 Å². The largest absolute Gasteiger partial charge is 0.382 e. The Bertz CT molecular complexity index is 653. The first-order valence-corrected chi connectivity index (χ1v) is 7.76. The van der Waals surface area contributed by atoms with Gasteiger partial charge in [0.1, 0.15) is 5.82 Å². The Morgan fingerprint density at radius 3 is 2.30 bits per heavy atom. The molecule has 20 heavy (non-hydrogen) atoms. The lowest BCUT2D eigenvalue weighted by Crippen LogP contribution is -2.14. The first kappa shape index (κ1) is 14.3. The lowest BCUT2D eigenvalue weighted by Gasteiger charge is -2.11. The van der Waals surface area contributed by atoms with Gasteiger partial charge in [0.05, 0.1) is 16.8 Å². The Hall–Kier alpha value is -2.08. The number of benzene rings is 1. The van der Waals surface area contributed by atoms with Crippen molar-refractivity contribution in [1.29, 1.82) is 0 Å². The fourth-order valence-corrected chi connectivity index (χ4v) is 2.70. The van der Waals surface area contributed by atoms with Gasteiger partial charge in [0.2, 0.25) is 0 Å². The topological polar surface area (TPSA) is 71.1 Å². The molecule has 0 radical (unpaired) electrons. The molecule has 0 fully saturated rings. The highest BCUT2D eigenvalue weighted by molar-refractivity contribution is 7.92. The summed E-state index contributed by atoms with van der Waals surface area (Å²) < 4.78 is 26.6. The first-order valence-electron chi connectivity index (χ1n) is 6.28. The average molecular weight is 291 g/mol. The molecule has 6 heteroatoms. The Morgan fingerprint density at radius 1 is 1.05 bits per heavy atom. The van der Waals surface area contributed by atoms with Gasteiger partial charge in [-0.3, -0.25) is 4.72 Å². The van der Waals surface area contributed by atoms with Crippen molar-refractivity contribution in [2.24, 2.45) is 0 Å². The Kier molecular flexibility index (Phi) is 4.24. The molecule has 2 N–H and O–H groups in total. The first-order chi connectivity index (χ1) is 9.47. The van der Waals surface area contributed by atoms with Gasteiger partial charge in [-0.05, 0) is 38.1 Å². The average Bonchev–Trinajstić information content (AvgIpc) is 2.41. The third-order valence-electron chi connectivity index (χ3n) is 2.51. The van der Waals surface area contributed by atoms with E-state index in [1.165, 1.54) is 12.1 Å². The molecule has 2 aromatic rings. The van der Waals surface area contributed by atoms with Crippen LogP contribution in [0.3, 0.4) is 0 Å². The van der Waals surface area contributed by atoms with E-state index in [1.807, 2.05) is 13.8 Å². The van der Waals surface area contributed by atoms with E-state index in [2.05, 4.69) is 15.0 Å². The van der Waals surface area contributed by atoms with Crippen molar-refractivity contribution in [3.8, 4) is 0 Å². The summed E-state index contributed by atoms with van der Waals surface area (Å²) in [5, 5.41) is 3.19. The molecule has 0 saturated heterocycles. The van der Waals surface area contributed by atoms with Gasteiger partial charge in [0, 0.05) is 6.04 Å². The maximum atomic E-state index is 12.1. The monoisotopic (exact) mass is 291 g/mol. The minimum Gasteiger partial charge on any atom is -0.382 e. The Labute approximate surface area is 119 Å². The number of nitrogens with one attached hydrogen (secondary N) is 2. The fourth-order valence-electron chi connectivity index (χ4n) is 1.67. The van der Waals surface area contributed by atoms with Gasteiger partial charge < -0.3 is 5.32 Å². The minimum absolute atomic E-state index is 0.214. The zero-order valence-corrected chi connectivity index (χ0v) is 12.2. The molecular formula is C14H17N3O2S. The second kappa shape index (κ2) is 5.92. The second-order valence-electron chi connectivity index (χ2n) is 4.65. The summed E-state index contributed by atoms with van der Waals surface area (Å²) in [5.74, 6) is 0.295. The SMILES string of the molecule is CC(C)Nc1ccc(NS(=O)(=O)c2ccccc2)nc1. The van der Waals surface area contributed by atoms with Crippen LogP contribution in [0.1, 0.15) is 13.8 Å². The third kappa shape index (κ3) is 3.71. The number of sulfonamides is 1. The van der Waals surface area contributed by atoms with Crippen LogP contribution in [0.4, 0.5) is 11.5 Å². The van der Waals surface area contributed by atoms with Gasteiger partial charge >= 0.3 is 0 Å². The van der Waals surface area contributed by atoms with Gasteiger partial charge in [0.25, 0.3) is 10.0 Å². The van der Waals surface area contributed by atoms with Crippen molar-refractivity contribution < 1.29 is 8.42 Å². The molecule has 0 unspecified atom stereocenters. The van der Waals surface area contributed by atoms with Crippen LogP contribution in [0.2, 0.25) is 0 Å². The molecule has 1 heterocycles. The van der Waals surface area contributed by atoms with Crippen molar-refractivity contribution >= 4 is 21.5 Å². The van der Waals surface area contributed by atoms with E-state index in [1.54, 1.807) is 36.5 Å². The van der Waals surface area contributed by atoms with Crippen molar-refractivity contribution in [3.05, 3.63) is 48.7 Å². The molecule has 106 valence electrons. The van der Waals surface area contributed by atoms with E-state index in [0.29, 0.717) is 11.9 Å². The van der Waals surface area contributed by atoms with E-state index in [4.69, 9.17) is 0 Å². The van der Waals surface area contributed by atoms with Crippen LogP contribution < -0.4 is 10.0 Å². The van der Waals surface area contributed by atoms with E-state index < -0.39 is 10.0 Å². The van der Waals surface area contributed by atoms with Crippen LogP contribution in [0.5, 0.6) is 0 Å². The smallest absolute Gasteiger partial charge is 0.263 e. The van der Waals surface area contributed by atoms with Gasteiger partial charge in [0.15, 0.2) is 0 Å². The van der Waals surface area contributed by atoms with Gasteiger partial charge in [-0.25, -0.2) is 13.4 Å². The molecule has 0 saturated carbocycles. The van der Waals surface area contributed by atoms with Crippen LogP contribution >= 0.6 is 0 Å². The highest BCUT2D eigenvalue weighted by Gasteiger charge is 2.13. The summed E-state index contributed by atoms with van der Waals surface area (Å²) in [6.45, 7) is 4.04. The number of anilines is 2. The molecule has 5 nitrogen and oxygen atoms in total. The number of hydrogen-bond donors (Lipinski definition) is 2. The quantitative estimate of drug-likeness (QED) is 0.888. The van der Waals surface area contributed by atoms with Crippen LogP contribution in [-0.4, -0.2) is 19.4 Å². The molecular weight excluding hydrogens is 274 g/mol. The predicted octanol–water partition coefficient (Wildman–Crippen LogP) is 2.70. The van der Waals surface area contributed by atoms with Crippen LogP contribution in [-0.2, 0) is 10.0 Å². The summed E-state index contributed by atoms with van der Waals surface area (Å²) in [5.41, 5.74) is 0.850. The van der Waals surface area contributed by atoms with Crippen molar-refractivity contribution in [1.82, 2.24) is 4.98 Å². The summed E-state index contributed by atoms with van der Waals surface area (Å²) >= 11 is 0. The maximum absolute atomic E-state index is 12.1. The minimum atomic E-state index is -3.58. The molecule has 0 aliphatic carbocycles. The number of hydrogen-bond acceptors (Lipinski definition) is 4. The summed E-state index contributed by atoms with van der Waals surface area (Å²) in [7, 11) is -3.58. The zero-order valence-electron chi connectivity index (χ0n) is 11.4. The van der Waals surface area contributed by atoms with Gasteiger partial charge in [-0.15, -0.1) is 0 Å². The third-order valence-corrected chi connectivity index (χ3v) is 3.88. The summed E-state index contributed by atoms with van der Waals surface area (Å²) in [6, 6.07) is 11.9. The number of nitrogens with zero attached hydrogens (tertiary/aromatic N) is 1. The molecule has 0 aliphatic heterocycles. The highest BCUT2D eigenvalue weighted by Crippen LogP contribution is 2.15.